The second-order valence-electron chi connectivity index (χ2n) is 13.6. The molecule has 0 saturated carbocycles. The van der Waals surface area contributed by atoms with E-state index in [0.717, 1.165) is 71.9 Å². The standard InChI is InChI=1S/C49H32N2OS/c1-3-13-40-33(4-2)45-42(50(40)31-14-6-5-7-15-31)28-26-36-37-27-29-43-46(48(37)52-47(36)45)39-17-8-10-20-41(39)51(43)32-24-22-30(23-25-32)34-18-12-19-38-35-16-9-11-21-44(35)53-49(34)38/h3-29H,2H2,1H3/b13-3-. The summed E-state index contributed by atoms with van der Waals surface area (Å²) in [7, 11) is 0. The second-order valence-corrected chi connectivity index (χ2v) is 14.7. The molecule has 7 aromatic carbocycles. The van der Waals surface area contributed by atoms with Gasteiger partial charge in [-0.25, -0.2) is 0 Å². The average Bonchev–Trinajstić information content (AvgIpc) is 3.95. The van der Waals surface area contributed by atoms with E-state index in [4.69, 9.17) is 4.42 Å². The Bertz CT molecular complexity index is 3290. The fraction of sp³-hybridized carbons (Fsp3) is 0.0204. The molecule has 0 N–H and O–H groups in total. The molecule has 0 saturated heterocycles. The van der Waals surface area contributed by atoms with Gasteiger partial charge in [-0.3, -0.25) is 0 Å². The van der Waals surface area contributed by atoms with Gasteiger partial charge in [0.15, 0.2) is 0 Å². The molecule has 0 atom stereocenters. The number of rotatable bonds is 5. The van der Waals surface area contributed by atoms with Crippen LogP contribution in [-0.2, 0) is 0 Å². The van der Waals surface area contributed by atoms with Gasteiger partial charge in [0, 0.05) is 53.3 Å². The van der Waals surface area contributed by atoms with Crippen LogP contribution in [0.2, 0.25) is 0 Å². The third-order valence-electron chi connectivity index (χ3n) is 10.8. The van der Waals surface area contributed by atoms with Crippen molar-refractivity contribution in [2.24, 2.45) is 0 Å². The molecule has 0 fully saturated rings. The summed E-state index contributed by atoms with van der Waals surface area (Å²) in [6.07, 6.45) is 6.22. The van der Waals surface area contributed by atoms with Crippen molar-refractivity contribution in [3.63, 3.8) is 0 Å². The monoisotopic (exact) mass is 696 g/mol. The van der Waals surface area contributed by atoms with Gasteiger partial charge in [-0.1, -0.05) is 104 Å². The second kappa shape index (κ2) is 11.4. The number of thiophene rings is 1. The highest BCUT2D eigenvalue weighted by Crippen LogP contribution is 2.45. The van der Waals surface area contributed by atoms with E-state index in [-0.39, 0.29) is 0 Å². The molecule has 4 heterocycles. The Morgan fingerprint density at radius 3 is 1.98 bits per heavy atom. The van der Waals surface area contributed by atoms with Crippen molar-refractivity contribution in [1.82, 2.24) is 9.13 Å². The SMILES string of the molecule is C=Cc1c(/C=C\C)n(-c2ccccc2)c2ccc3c4ccc5c(c6ccccc6n5-c5ccc(-c6cccc7c6sc6ccccc67)cc5)c4oc3c12. The number of allylic oxidation sites excluding steroid dienone is 1. The summed E-state index contributed by atoms with van der Waals surface area (Å²) in [4.78, 5) is 0. The molecule has 4 aromatic heterocycles. The molecule has 3 nitrogen and oxygen atoms in total. The lowest BCUT2D eigenvalue weighted by Gasteiger charge is -2.10. The van der Waals surface area contributed by atoms with Gasteiger partial charge in [-0.15, -0.1) is 11.3 Å². The first-order valence-corrected chi connectivity index (χ1v) is 18.8. The van der Waals surface area contributed by atoms with Crippen molar-refractivity contribution in [1.29, 1.82) is 0 Å². The first kappa shape index (κ1) is 30.0. The number of furan rings is 1. The van der Waals surface area contributed by atoms with Crippen molar-refractivity contribution < 1.29 is 4.42 Å². The largest absolute Gasteiger partial charge is 0.455 e. The molecule has 11 aromatic rings. The minimum absolute atomic E-state index is 0.886. The van der Waals surface area contributed by atoms with Crippen LogP contribution in [0.15, 0.2) is 163 Å². The highest BCUT2D eigenvalue weighted by Gasteiger charge is 2.23. The third-order valence-corrected chi connectivity index (χ3v) is 12.1. The summed E-state index contributed by atoms with van der Waals surface area (Å²) >= 11 is 1.87. The molecule has 0 aliphatic rings. The maximum atomic E-state index is 7.11. The number of hydrogen-bond donors (Lipinski definition) is 0. The number of nitrogens with zero attached hydrogens (tertiary/aromatic N) is 2. The van der Waals surface area contributed by atoms with E-state index < -0.39 is 0 Å². The number of para-hydroxylation sites is 2. The summed E-state index contributed by atoms with van der Waals surface area (Å²) in [5.74, 6) is 0. The van der Waals surface area contributed by atoms with Gasteiger partial charge >= 0.3 is 0 Å². The van der Waals surface area contributed by atoms with E-state index in [1.165, 1.54) is 36.7 Å². The first-order valence-electron chi connectivity index (χ1n) is 18.0. The quantitative estimate of drug-likeness (QED) is 0.176. The molecular formula is C49H32N2OS. The minimum Gasteiger partial charge on any atom is -0.455 e. The van der Waals surface area contributed by atoms with Crippen LogP contribution in [-0.4, -0.2) is 9.13 Å². The maximum absolute atomic E-state index is 7.11. The molecular weight excluding hydrogens is 665 g/mol. The fourth-order valence-corrected chi connectivity index (χ4v) is 9.83. The number of fused-ring (bicyclic) bond motifs is 12. The lowest BCUT2D eigenvalue weighted by molar-refractivity contribution is 0.676. The molecule has 0 bridgehead atoms. The predicted octanol–water partition coefficient (Wildman–Crippen LogP) is 14.3. The molecule has 0 spiro atoms. The van der Waals surface area contributed by atoms with Crippen LogP contribution in [0.3, 0.4) is 0 Å². The lowest BCUT2D eigenvalue weighted by Crippen LogP contribution is -1.96. The molecule has 4 heteroatoms. The summed E-state index contributed by atoms with van der Waals surface area (Å²) in [6, 6.07) is 52.6. The molecule has 11 rings (SSSR count). The third kappa shape index (κ3) is 4.21. The zero-order valence-electron chi connectivity index (χ0n) is 29.0. The molecule has 0 aliphatic carbocycles. The normalized spacial score (nSPS) is 12.2. The summed E-state index contributed by atoms with van der Waals surface area (Å²) in [5, 5.41) is 8.22. The molecule has 0 aliphatic heterocycles. The Balaban J connectivity index is 1.14. The summed E-state index contributed by atoms with van der Waals surface area (Å²) in [5.41, 5.74) is 12.0. The van der Waals surface area contributed by atoms with Crippen LogP contribution in [0.1, 0.15) is 18.2 Å². The van der Waals surface area contributed by atoms with E-state index >= 15 is 0 Å². The van der Waals surface area contributed by atoms with Crippen LogP contribution < -0.4 is 0 Å². The van der Waals surface area contributed by atoms with Gasteiger partial charge in [0.2, 0.25) is 0 Å². The molecule has 0 radical (unpaired) electrons. The van der Waals surface area contributed by atoms with Crippen LogP contribution in [0.5, 0.6) is 0 Å². The smallest absolute Gasteiger partial charge is 0.145 e. The lowest BCUT2D eigenvalue weighted by atomic mass is 10.0. The van der Waals surface area contributed by atoms with Crippen molar-refractivity contribution in [2.75, 3.05) is 0 Å². The van der Waals surface area contributed by atoms with Crippen molar-refractivity contribution in [2.45, 2.75) is 6.92 Å². The van der Waals surface area contributed by atoms with E-state index in [1.54, 1.807) is 0 Å². The van der Waals surface area contributed by atoms with Gasteiger partial charge < -0.3 is 13.6 Å². The number of benzene rings is 7. The van der Waals surface area contributed by atoms with Gasteiger partial charge in [-0.2, -0.15) is 0 Å². The Labute approximate surface area is 309 Å². The Hall–Kier alpha value is -6.62. The van der Waals surface area contributed by atoms with Crippen LogP contribution in [0, 0.1) is 0 Å². The molecule has 53 heavy (non-hydrogen) atoms. The molecule has 0 unspecified atom stereocenters. The van der Waals surface area contributed by atoms with Gasteiger partial charge in [0.1, 0.15) is 11.2 Å². The topological polar surface area (TPSA) is 23.0 Å². The highest BCUT2D eigenvalue weighted by molar-refractivity contribution is 7.26. The predicted molar refractivity (Wildman–Crippen MR) is 228 cm³/mol. The van der Waals surface area contributed by atoms with E-state index in [2.05, 4.69) is 180 Å². The highest BCUT2D eigenvalue weighted by atomic mass is 32.1. The Morgan fingerprint density at radius 1 is 0.547 bits per heavy atom. The Morgan fingerprint density at radius 2 is 1.21 bits per heavy atom. The maximum Gasteiger partial charge on any atom is 0.145 e. The summed E-state index contributed by atoms with van der Waals surface area (Å²) in [6.45, 7) is 6.34. The van der Waals surface area contributed by atoms with E-state index in [0.29, 0.717) is 0 Å². The van der Waals surface area contributed by atoms with Crippen LogP contribution in [0.25, 0.3) is 109 Å². The van der Waals surface area contributed by atoms with Gasteiger partial charge in [0.05, 0.1) is 33.0 Å². The first-order chi connectivity index (χ1) is 26.2. The van der Waals surface area contributed by atoms with Gasteiger partial charge in [0.25, 0.3) is 0 Å². The van der Waals surface area contributed by atoms with Crippen LogP contribution >= 0.6 is 11.3 Å². The van der Waals surface area contributed by atoms with E-state index in [1.807, 2.05) is 17.4 Å². The zero-order chi connectivity index (χ0) is 35.2. The summed E-state index contributed by atoms with van der Waals surface area (Å²) < 4.78 is 14.4. The van der Waals surface area contributed by atoms with Crippen molar-refractivity contribution in [3.05, 3.63) is 170 Å². The average molecular weight is 697 g/mol. The van der Waals surface area contributed by atoms with Crippen molar-refractivity contribution in [3.8, 4) is 22.5 Å². The Kier molecular flexibility index (Phi) is 6.49. The number of aromatic nitrogens is 2. The minimum atomic E-state index is 0.886. The zero-order valence-corrected chi connectivity index (χ0v) is 29.8. The van der Waals surface area contributed by atoms with E-state index in [9.17, 15) is 0 Å². The number of hydrogen-bond acceptors (Lipinski definition) is 2. The van der Waals surface area contributed by atoms with Crippen LogP contribution in [0.4, 0.5) is 0 Å². The molecule has 0 amide bonds. The van der Waals surface area contributed by atoms with Crippen molar-refractivity contribution >= 4 is 98.3 Å². The fourth-order valence-electron chi connectivity index (χ4n) is 8.59. The molecule has 250 valence electrons. The van der Waals surface area contributed by atoms with Gasteiger partial charge in [-0.05, 0) is 84.8 Å².